The minimum Gasteiger partial charge on any atom is -0.481 e. The molecule has 1 aromatic carbocycles. The fraction of sp³-hybridized carbons (Fsp3) is 0.333. The molecule has 0 amide bonds. The number of carboxylic acid groups (broad SMARTS) is 1. The molecule has 0 fully saturated rings. The summed E-state index contributed by atoms with van der Waals surface area (Å²) in [7, 11) is 1.83. The minimum atomic E-state index is -0.798. The summed E-state index contributed by atoms with van der Waals surface area (Å²) in [5.74, 6) is -0.527. The van der Waals surface area contributed by atoms with Crippen LogP contribution < -0.4 is 4.90 Å². The number of H-pyrrole nitrogens is 1. The average Bonchev–Trinajstić information content (AvgIpc) is 2.72. The van der Waals surface area contributed by atoms with Crippen LogP contribution in [0.5, 0.6) is 0 Å². The highest BCUT2D eigenvalue weighted by Gasteiger charge is 2.15. The summed E-state index contributed by atoms with van der Waals surface area (Å²) in [6, 6.07) is 7.72. The molecule has 17 heavy (non-hydrogen) atoms. The van der Waals surface area contributed by atoms with Crippen molar-refractivity contribution in [3.05, 3.63) is 24.3 Å². The van der Waals surface area contributed by atoms with E-state index in [1.807, 2.05) is 36.2 Å². The number of aliphatic carboxylic acids is 1. The number of imidazole rings is 1. The number of aromatic nitrogens is 2. The second kappa shape index (κ2) is 4.45. The number of rotatable bonds is 4. The van der Waals surface area contributed by atoms with E-state index in [1.165, 1.54) is 0 Å². The zero-order valence-corrected chi connectivity index (χ0v) is 9.84. The van der Waals surface area contributed by atoms with Crippen molar-refractivity contribution >= 4 is 23.0 Å². The van der Waals surface area contributed by atoms with Crippen LogP contribution in [-0.2, 0) is 4.79 Å². The standard InChI is InChI=1S/C12H15N3O2/c1-8(11(16)17)7-15(2)12-13-9-5-3-4-6-10(9)14-12/h3-6,8H,7H2,1-2H3,(H,13,14)(H,16,17). The summed E-state index contributed by atoms with van der Waals surface area (Å²) in [6.45, 7) is 2.11. The lowest BCUT2D eigenvalue weighted by Crippen LogP contribution is -2.29. The lowest BCUT2D eigenvalue weighted by molar-refractivity contribution is -0.140. The third-order valence-electron chi connectivity index (χ3n) is 2.71. The number of para-hydroxylation sites is 2. The largest absolute Gasteiger partial charge is 0.481 e. The number of fused-ring (bicyclic) bond motifs is 1. The Morgan fingerprint density at radius 2 is 2.24 bits per heavy atom. The number of nitrogens with one attached hydrogen (secondary N) is 1. The highest BCUT2D eigenvalue weighted by molar-refractivity contribution is 5.77. The van der Waals surface area contributed by atoms with Crippen molar-refractivity contribution in [1.82, 2.24) is 9.97 Å². The molecule has 5 heteroatoms. The Hall–Kier alpha value is -2.04. The normalized spacial score (nSPS) is 12.6. The minimum absolute atomic E-state index is 0.423. The molecule has 0 aliphatic carbocycles. The van der Waals surface area contributed by atoms with Crippen LogP contribution in [0.15, 0.2) is 24.3 Å². The molecule has 2 rings (SSSR count). The molecule has 0 radical (unpaired) electrons. The van der Waals surface area contributed by atoms with Gasteiger partial charge in [-0.05, 0) is 12.1 Å². The number of aromatic amines is 1. The van der Waals surface area contributed by atoms with Crippen molar-refractivity contribution < 1.29 is 9.90 Å². The second-order valence-electron chi connectivity index (χ2n) is 4.20. The van der Waals surface area contributed by atoms with E-state index in [0.29, 0.717) is 12.5 Å². The first-order valence-electron chi connectivity index (χ1n) is 5.46. The molecule has 0 aliphatic rings. The van der Waals surface area contributed by atoms with Gasteiger partial charge in [0.2, 0.25) is 5.95 Å². The van der Waals surface area contributed by atoms with Gasteiger partial charge in [0.1, 0.15) is 0 Å². The van der Waals surface area contributed by atoms with Crippen LogP contribution in [0.3, 0.4) is 0 Å². The van der Waals surface area contributed by atoms with Gasteiger partial charge in [-0.3, -0.25) is 4.79 Å². The molecule has 1 unspecified atom stereocenters. The molecule has 0 saturated carbocycles. The molecule has 0 spiro atoms. The van der Waals surface area contributed by atoms with Crippen LogP contribution in [0.25, 0.3) is 11.0 Å². The monoisotopic (exact) mass is 233 g/mol. The topological polar surface area (TPSA) is 69.2 Å². The summed E-state index contributed by atoms with van der Waals surface area (Å²) in [4.78, 5) is 20.2. The Balaban J connectivity index is 2.19. The molecule has 1 aromatic heterocycles. The van der Waals surface area contributed by atoms with Crippen molar-refractivity contribution in [3.63, 3.8) is 0 Å². The van der Waals surface area contributed by atoms with Crippen molar-refractivity contribution in [2.75, 3.05) is 18.5 Å². The van der Waals surface area contributed by atoms with Crippen LogP contribution in [0.2, 0.25) is 0 Å². The third kappa shape index (κ3) is 2.38. The third-order valence-corrected chi connectivity index (χ3v) is 2.71. The first kappa shape index (κ1) is 11.4. The van der Waals surface area contributed by atoms with E-state index < -0.39 is 11.9 Å². The SMILES string of the molecule is CC(CN(C)c1nc2ccccc2[nH]1)C(=O)O. The van der Waals surface area contributed by atoms with E-state index >= 15 is 0 Å². The summed E-state index contributed by atoms with van der Waals surface area (Å²) < 4.78 is 0. The van der Waals surface area contributed by atoms with Crippen LogP contribution in [0, 0.1) is 5.92 Å². The van der Waals surface area contributed by atoms with E-state index in [4.69, 9.17) is 5.11 Å². The van der Waals surface area contributed by atoms with Gasteiger partial charge in [-0.1, -0.05) is 19.1 Å². The second-order valence-corrected chi connectivity index (χ2v) is 4.20. The zero-order valence-electron chi connectivity index (χ0n) is 9.84. The maximum Gasteiger partial charge on any atom is 0.308 e. The van der Waals surface area contributed by atoms with Gasteiger partial charge in [-0.15, -0.1) is 0 Å². The quantitative estimate of drug-likeness (QED) is 0.843. The first-order valence-corrected chi connectivity index (χ1v) is 5.46. The van der Waals surface area contributed by atoms with Crippen LogP contribution in [-0.4, -0.2) is 34.6 Å². The Morgan fingerprint density at radius 1 is 1.53 bits per heavy atom. The number of anilines is 1. The Morgan fingerprint density at radius 3 is 2.88 bits per heavy atom. The van der Waals surface area contributed by atoms with Crippen LogP contribution in [0.4, 0.5) is 5.95 Å². The molecule has 1 atom stereocenters. The number of hydrogen-bond donors (Lipinski definition) is 2. The lowest BCUT2D eigenvalue weighted by Gasteiger charge is -2.18. The fourth-order valence-corrected chi connectivity index (χ4v) is 1.70. The molecule has 0 bridgehead atoms. The maximum absolute atomic E-state index is 10.8. The summed E-state index contributed by atoms with van der Waals surface area (Å²) in [6.07, 6.45) is 0. The zero-order chi connectivity index (χ0) is 12.4. The Labute approximate surface area is 99.1 Å². The molecule has 2 N–H and O–H groups in total. The van der Waals surface area contributed by atoms with Gasteiger partial charge in [-0.2, -0.15) is 0 Å². The van der Waals surface area contributed by atoms with Crippen molar-refractivity contribution in [2.24, 2.45) is 5.92 Å². The van der Waals surface area contributed by atoms with Crippen LogP contribution in [0.1, 0.15) is 6.92 Å². The van der Waals surface area contributed by atoms with Crippen molar-refractivity contribution in [3.8, 4) is 0 Å². The first-order chi connectivity index (χ1) is 8.08. The maximum atomic E-state index is 10.8. The van der Waals surface area contributed by atoms with E-state index in [0.717, 1.165) is 11.0 Å². The molecule has 0 aliphatic heterocycles. The number of benzene rings is 1. The summed E-state index contributed by atoms with van der Waals surface area (Å²) in [5, 5.41) is 8.86. The van der Waals surface area contributed by atoms with Gasteiger partial charge < -0.3 is 15.0 Å². The van der Waals surface area contributed by atoms with Gasteiger partial charge in [0, 0.05) is 13.6 Å². The van der Waals surface area contributed by atoms with E-state index in [1.54, 1.807) is 6.92 Å². The van der Waals surface area contributed by atoms with Gasteiger partial charge >= 0.3 is 5.97 Å². The summed E-state index contributed by atoms with van der Waals surface area (Å²) in [5.41, 5.74) is 1.84. The molecule has 0 saturated heterocycles. The van der Waals surface area contributed by atoms with E-state index in [9.17, 15) is 4.79 Å². The Bertz CT molecular complexity index is 502. The smallest absolute Gasteiger partial charge is 0.308 e. The highest BCUT2D eigenvalue weighted by atomic mass is 16.4. The fourth-order valence-electron chi connectivity index (χ4n) is 1.70. The Kier molecular flexibility index (Phi) is 2.99. The molecular weight excluding hydrogens is 218 g/mol. The molecule has 5 nitrogen and oxygen atoms in total. The highest BCUT2D eigenvalue weighted by Crippen LogP contribution is 2.16. The molecular formula is C12H15N3O2. The van der Waals surface area contributed by atoms with Gasteiger partial charge in [0.15, 0.2) is 0 Å². The summed E-state index contributed by atoms with van der Waals surface area (Å²) >= 11 is 0. The van der Waals surface area contributed by atoms with Crippen LogP contribution >= 0.6 is 0 Å². The van der Waals surface area contributed by atoms with Gasteiger partial charge in [0.25, 0.3) is 0 Å². The predicted octanol–water partition coefficient (Wildman–Crippen LogP) is 1.72. The number of hydrogen-bond acceptors (Lipinski definition) is 3. The number of carboxylic acids is 1. The van der Waals surface area contributed by atoms with E-state index in [2.05, 4.69) is 9.97 Å². The van der Waals surface area contributed by atoms with Crippen molar-refractivity contribution in [2.45, 2.75) is 6.92 Å². The van der Waals surface area contributed by atoms with E-state index in [-0.39, 0.29) is 0 Å². The van der Waals surface area contributed by atoms with Gasteiger partial charge in [0.05, 0.1) is 17.0 Å². The number of nitrogens with zero attached hydrogens (tertiary/aromatic N) is 2. The average molecular weight is 233 g/mol. The number of carbonyl (C=O) groups is 1. The van der Waals surface area contributed by atoms with Crippen molar-refractivity contribution in [1.29, 1.82) is 0 Å². The lowest BCUT2D eigenvalue weighted by atomic mass is 10.2. The molecule has 2 aromatic rings. The molecule has 1 heterocycles. The predicted molar refractivity (Wildman–Crippen MR) is 66.2 cm³/mol. The molecule has 90 valence electrons. The van der Waals surface area contributed by atoms with Gasteiger partial charge in [-0.25, -0.2) is 4.98 Å².